The van der Waals surface area contributed by atoms with Crippen molar-refractivity contribution in [3.05, 3.63) is 0 Å². The summed E-state index contributed by atoms with van der Waals surface area (Å²) in [5.41, 5.74) is 0. The third-order valence-corrected chi connectivity index (χ3v) is 6.10. The molecule has 1 N–H and O–H groups in total. The Morgan fingerprint density at radius 3 is 2.18 bits per heavy atom. The standard InChI is InChI=1S/C15H27NS/c1-10(3-4-17-2)16-15-13-6-11-5-12(8-13)9-14(15)7-11/h10-16H,3-9H2,1-2H3. The van der Waals surface area contributed by atoms with Crippen molar-refractivity contribution in [1.29, 1.82) is 0 Å². The van der Waals surface area contributed by atoms with E-state index in [2.05, 4.69) is 18.5 Å². The Balaban J connectivity index is 1.57. The number of nitrogens with one attached hydrogen (secondary N) is 1. The minimum Gasteiger partial charge on any atom is -0.311 e. The summed E-state index contributed by atoms with van der Waals surface area (Å²) in [6.45, 7) is 2.39. The van der Waals surface area contributed by atoms with Crippen LogP contribution in [0.4, 0.5) is 0 Å². The zero-order valence-corrected chi connectivity index (χ0v) is 12.1. The molecule has 4 rings (SSSR count). The zero-order chi connectivity index (χ0) is 11.8. The summed E-state index contributed by atoms with van der Waals surface area (Å²) in [4.78, 5) is 0. The van der Waals surface area contributed by atoms with Gasteiger partial charge in [0.1, 0.15) is 0 Å². The average Bonchev–Trinajstić information content (AvgIpc) is 2.30. The molecule has 0 heterocycles. The highest BCUT2D eigenvalue weighted by Crippen LogP contribution is 2.53. The van der Waals surface area contributed by atoms with Crippen molar-refractivity contribution in [3.8, 4) is 0 Å². The van der Waals surface area contributed by atoms with Crippen LogP contribution < -0.4 is 5.32 Å². The van der Waals surface area contributed by atoms with E-state index in [1.807, 2.05) is 11.8 Å². The summed E-state index contributed by atoms with van der Waals surface area (Å²) in [5.74, 6) is 5.58. The Kier molecular flexibility index (Phi) is 3.72. The van der Waals surface area contributed by atoms with Crippen LogP contribution in [0.15, 0.2) is 0 Å². The second-order valence-electron chi connectivity index (χ2n) is 6.81. The molecule has 4 bridgehead atoms. The minimum absolute atomic E-state index is 0.727. The first-order valence-electron chi connectivity index (χ1n) is 7.51. The van der Waals surface area contributed by atoms with Crippen LogP contribution in [0.2, 0.25) is 0 Å². The van der Waals surface area contributed by atoms with E-state index in [1.165, 1.54) is 12.2 Å². The van der Waals surface area contributed by atoms with Gasteiger partial charge in [-0.1, -0.05) is 0 Å². The zero-order valence-electron chi connectivity index (χ0n) is 11.3. The van der Waals surface area contributed by atoms with Crippen LogP contribution >= 0.6 is 11.8 Å². The van der Waals surface area contributed by atoms with E-state index < -0.39 is 0 Å². The van der Waals surface area contributed by atoms with E-state index in [1.54, 1.807) is 32.1 Å². The third-order valence-electron chi connectivity index (χ3n) is 5.46. The van der Waals surface area contributed by atoms with Gasteiger partial charge in [0, 0.05) is 12.1 Å². The van der Waals surface area contributed by atoms with Gasteiger partial charge in [0.05, 0.1) is 0 Å². The largest absolute Gasteiger partial charge is 0.311 e. The van der Waals surface area contributed by atoms with Crippen LogP contribution in [0.25, 0.3) is 0 Å². The van der Waals surface area contributed by atoms with Gasteiger partial charge in [-0.05, 0) is 81.1 Å². The quantitative estimate of drug-likeness (QED) is 0.804. The van der Waals surface area contributed by atoms with Crippen molar-refractivity contribution in [2.45, 2.75) is 57.5 Å². The van der Waals surface area contributed by atoms with Gasteiger partial charge in [-0.15, -0.1) is 0 Å². The number of rotatable bonds is 5. The fourth-order valence-electron chi connectivity index (χ4n) is 4.90. The van der Waals surface area contributed by atoms with E-state index >= 15 is 0 Å². The van der Waals surface area contributed by atoms with Gasteiger partial charge in [-0.2, -0.15) is 11.8 Å². The van der Waals surface area contributed by atoms with E-state index in [-0.39, 0.29) is 0 Å². The fourth-order valence-corrected chi connectivity index (χ4v) is 5.49. The van der Waals surface area contributed by atoms with Crippen molar-refractivity contribution in [2.24, 2.45) is 23.7 Å². The maximum absolute atomic E-state index is 3.98. The molecule has 4 fully saturated rings. The lowest BCUT2D eigenvalue weighted by atomic mass is 9.54. The molecule has 1 nitrogen and oxygen atoms in total. The summed E-state index contributed by atoms with van der Waals surface area (Å²) in [6, 6.07) is 1.60. The molecule has 1 atom stereocenters. The highest BCUT2D eigenvalue weighted by molar-refractivity contribution is 7.98. The van der Waals surface area contributed by atoms with E-state index in [0.29, 0.717) is 0 Å². The van der Waals surface area contributed by atoms with Crippen molar-refractivity contribution >= 4 is 11.8 Å². The topological polar surface area (TPSA) is 12.0 Å². The van der Waals surface area contributed by atoms with Crippen LogP contribution in [0.3, 0.4) is 0 Å². The van der Waals surface area contributed by atoms with Gasteiger partial charge in [-0.3, -0.25) is 0 Å². The maximum atomic E-state index is 3.98. The Bertz CT molecular complexity index is 238. The molecule has 0 aromatic heterocycles. The molecule has 98 valence electrons. The molecule has 0 aliphatic heterocycles. The number of thioether (sulfide) groups is 1. The Hall–Kier alpha value is 0.310. The number of hydrogen-bond acceptors (Lipinski definition) is 2. The lowest BCUT2D eigenvalue weighted by molar-refractivity contribution is -0.0170. The van der Waals surface area contributed by atoms with Gasteiger partial charge in [0.25, 0.3) is 0 Å². The van der Waals surface area contributed by atoms with Crippen molar-refractivity contribution < 1.29 is 0 Å². The van der Waals surface area contributed by atoms with Gasteiger partial charge in [0.2, 0.25) is 0 Å². The third kappa shape index (κ3) is 2.53. The van der Waals surface area contributed by atoms with Crippen molar-refractivity contribution in [3.63, 3.8) is 0 Å². The average molecular weight is 253 g/mol. The predicted molar refractivity (Wildman–Crippen MR) is 76.4 cm³/mol. The number of hydrogen-bond donors (Lipinski definition) is 1. The first kappa shape index (κ1) is 12.3. The first-order valence-corrected chi connectivity index (χ1v) is 8.90. The molecule has 17 heavy (non-hydrogen) atoms. The summed E-state index contributed by atoms with van der Waals surface area (Å²) in [5, 5.41) is 3.98. The molecule has 0 aromatic carbocycles. The second kappa shape index (κ2) is 5.13. The molecule has 2 heteroatoms. The van der Waals surface area contributed by atoms with Gasteiger partial charge < -0.3 is 5.32 Å². The van der Waals surface area contributed by atoms with Crippen LogP contribution in [0, 0.1) is 23.7 Å². The molecule has 0 aromatic rings. The molecule has 0 radical (unpaired) electrons. The lowest BCUT2D eigenvalue weighted by Gasteiger charge is -2.55. The van der Waals surface area contributed by atoms with Crippen LogP contribution in [-0.4, -0.2) is 24.1 Å². The normalized spacial score (nSPS) is 45.2. The molecular weight excluding hydrogens is 226 g/mol. The van der Waals surface area contributed by atoms with Gasteiger partial charge in [-0.25, -0.2) is 0 Å². The second-order valence-corrected chi connectivity index (χ2v) is 7.79. The lowest BCUT2D eigenvalue weighted by Crippen LogP contribution is -2.56. The minimum atomic E-state index is 0.727. The van der Waals surface area contributed by atoms with Crippen LogP contribution in [0.5, 0.6) is 0 Å². The van der Waals surface area contributed by atoms with Crippen LogP contribution in [-0.2, 0) is 0 Å². The SMILES string of the molecule is CSCCC(C)NC1C2CC3CC(C2)CC1C3. The smallest absolute Gasteiger partial charge is 0.0126 e. The molecule has 4 aliphatic rings. The van der Waals surface area contributed by atoms with Crippen molar-refractivity contribution in [1.82, 2.24) is 5.32 Å². The summed E-state index contributed by atoms with van der Waals surface area (Å²) in [7, 11) is 0. The molecule has 0 spiro atoms. The van der Waals surface area contributed by atoms with E-state index in [9.17, 15) is 0 Å². The first-order chi connectivity index (χ1) is 8.26. The van der Waals surface area contributed by atoms with E-state index in [4.69, 9.17) is 0 Å². The maximum Gasteiger partial charge on any atom is 0.0126 e. The Morgan fingerprint density at radius 2 is 1.65 bits per heavy atom. The molecule has 0 amide bonds. The van der Waals surface area contributed by atoms with E-state index in [0.717, 1.165) is 35.8 Å². The molecular formula is C15H27NS. The van der Waals surface area contributed by atoms with Crippen molar-refractivity contribution in [2.75, 3.05) is 12.0 Å². The fraction of sp³-hybridized carbons (Fsp3) is 1.00. The van der Waals surface area contributed by atoms with Gasteiger partial charge in [0.15, 0.2) is 0 Å². The molecule has 1 unspecified atom stereocenters. The summed E-state index contributed by atoms with van der Waals surface area (Å²) in [6.07, 6.45) is 11.3. The molecule has 4 aliphatic carbocycles. The highest BCUT2D eigenvalue weighted by Gasteiger charge is 2.48. The summed E-state index contributed by atoms with van der Waals surface area (Å²) < 4.78 is 0. The Labute approximate surface area is 111 Å². The van der Waals surface area contributed by atoms with Gasteiger partial charge >= 0.3 is 0 Å². The Morgan fingerprint density at radius 1 is 1.06 bits per heavy atom. The predicted octanol–water partition coefficient (Wildman–Crippen LogP) is 3.54. The molecule has 4 saturated carbocycles. The van der Waals surface area contributed by atoms with Crippen LogP contribution in [0.1, 0.15) is 45.4 Å². The highest BCUT2D eigenvalue weighted by atomic mass is 32.2. The monoisotopic (exact) mass is 253 g/mol. The summed E-state index contributed by atoms with van der Waals surface area (Å²) >= 11 is 1.98. The molecule has 0 saturated heterocycles.